The van der Waals surface area contributed by atoms with E-state index in [9.17, 15) is 0 Å². The van der Waals surface area contributed by atoms with Crippen LogP contribution in [0.5, 0.6) is 0 Å². The Kier molecular flexibility index (Phi) is 10.4. The topological polar surface area (TPSA) is 0 Å². The van der Waals surface area contributed by atoms with Crippen molar-refractivity contribution in [3.8, 4) is 22.3 Å². The number of benzene rings is 8. The molecular formula is C58H54Cl2Hf. The van der Waals surface area contributed by atoms with Gasteiger partial charge in [0.2, 0.25) is 0 Å². The van der Waals surface area contributed by atoms with E-state index in [1.807, 2.05) is 0 Å². The van der Waals surface area contributed by atoms with Gasteiger partial charge >= 0.3 is 356 Å². The van der Waals surface area contributed by atoms with Crippen LogP contribution in [0.15, 0.2) is 157 Å². The Hall–Kier alpha value is -4.27. The summed E-state index contributed by atoms with van der Waals surface area (Å²) in [4.78, 5) is 0. The minimum absolute atomic E-state index is 0. The molecule has 1 aliphatic heterocycles. The quantitative estimate of drug-likeness (QED) is 0.115. The first kappa shape index (κ1) is 40.8. The number of allylic oxidation sites excluding steroid dienone is 2. The Morgan fingerprint density at radius 2 is 0.770 bits per heavy atom. The molecule has 12 rings (SSSR count). The summed E-state index contributed by atoms with van der Waals surface area (Å²) in [6.07, 6.45) is 11.2. The van der Waals surface area contributed by atoms with E-state index in [0.29, 0.717) is 19.2 Å². The van der Waals surface area contributed by atoms with E-state index in [1.54, 1.807) is 22.3 Å². The van der Waals surface area contributed by atoms with Crippen molar-refractivity contribution in [2.45, 2.75) is 68.1 Å². The molecule has 304 valence electrons. The minimum atomic E-state index is -3.50. The van der Waals surface area contributed by atoms with Crippen LogP contribution >= 0.6 is 24.8 Å². The smallest absolute Gasteiger partial charge is 0.147 e. The first-order valence-electron chi connectivity index (χ1n) is 22.5. The molecule has 8 aromatic carbocycles. The third kappa shape index (κ3) is 5.93. The summed E-state index contributed by atoms with van der Waals surface area (Å²) >= 11 is -3.50. The molecule has 0 nitrogen and oxygen atoms in total. The van der Waals surface area contributed by atoms with Crippen LogP contribution in [0.4, 0.5) is 0 Å². The monoisotopic (exact) mass is 1000 g/mol. The Morgan fingerprint density at radius 1 is 0.426 bits per heavy atom. The van der Waals surface area contributed by atoms with Gasteiger partial charge in [-0.1, -0.05) is 0 Å². The van der Waals surface area contributed by atoms with Crippen LogP contribution in [0.2, 0.25) is 7.35 Å². The Morgan fingerprint density at radius 3 is 1.11 bits per heavy atom. The molecule has 4 aliphatic rings. The fraction of sp³-hybridized carbons (Fsp3) is 0.241. The second kappa shape index (κ2) is 15.5. The molecule has 0 aromatic heterocycles. The Balaban J connectivity index is 0.00000223. The molecule has 0 amide bonds. The van der Waals surface area contributed by atoms with Crippen LogP contribution in [0, 0.1) is 11.8 Å². The summed E-state index contributed by atoms with van der Waals surface area (Å²) in [6, 6.07) is 56.2. The van der Waals surface area contributed by atoms with Gasteiger partial charge in [0.1, 0.15) is 0 Å². The van der Waals surface area contributed by atoms with Crippen molar-refractivity contribution in [2.24, 2.45) is 11.8 Å². The van der Waals surface area contributed by atoms with Crippen molar-refractivity contribution in [2.75, 3.05) is 0 Å². The molecule has 4 unspecified atom stereocenters. The molecule has 1 saturated carbocycles. The van der Waals surface area contributed by atoms with E-state index in [1.165, 1.54) is 102 Å². The van der Waals surface area contributed by atoms with E-state index >= 15 is 0 Å². The standard InChI is InChI=1S/2C26H21.C6H10.2ClH.Hf/c2*1-17(2)21-15-20-10-7-13-24(25(20)16-21)26-22-11-5-3-8-18(22)14-19-9-4-6-12-23(19)26;1-2-4-6-5-3-1;;;/h2*3-17H,1-2H3;1-2H,3-6H2;2*1H;. The molecule has 1 heterocycles. The van der Waals surface area contributed by atoms with E-state index in [4.69, 9.17) is 0 Å². The van der Waals surface area contributed by atoms with Crippen LogP contribution in [0.25, 0.3) is 77.5 Å². The molecule has 1 saturated heterocycles. The van der Waals surface area contributed by atoms with Gasteiger partial charge in [0.15, 0.2) is 0 Å². The number of hydrogen-bond acceptors (Lipinski definition) is 0. The number of rotatable bonds is 6. The molecule has 3 aliphatic carbocycles. The SMILES string of the molecule is CC(C)C1=Cc2c(-c3c4ccccc4cc4ccccc34)cccc2[CH]1[Hf]1([CH]2C(C(C)C)=Cc3c(-c4c5ccccc5cc5ccccc45)cccc32)[CH]2CCCC[CH]21.Cl.Cl. The normalized spacial score (nSPS) is 22.5. The summed E-state index contributed by atoms with van der Waals surface area (Å²) in [5.41, 5.74) is 15.6. The maximum absolute atomic E-state index is 3.50. The fourth-order valence-electron chi connectivity index (χ4n) is 13.3. The van der Waals surface area contributed by atoms with Crippen LogP contribution < -0.4 is 0 Å². The van der Waals surface area contributed by atoms with E-state index < -0.39 is 20.0 Å². The molecule has 3 heteroatoms. The van der Waals surface area contributed by atoms with Crippen molar-refractivity contribution in [1.29, 1.82) is 0 Å². The van der Waals surface area contributed by atoms with E-state index in [2.05, 4.69) is 185 Å². The summed E-state index contributed by atoms with van der Waals surface area (Å²) in [5, 5.41) is 10.8. The summed E-state index contributed by atoms with van der Waals surface area (Å²) in [7, 11) is 0. The van der Waals surface area contributed by atoms with Crippen LogP contribution in [-0.2, 0) is 20.0 Å². The average molecular weight is 1000 g/mol. The van der Waals surface area contributed by atoms with Gasteiger partial charge in [0.05, 0.1) is 0 Å². The number of hydrogen-bond donors (Lipinski definition) is 0. The average Bonchev–Trinajstić information content (AvgIpc) is 3.51. The van der Waals surface area contributed by atoms with Crippen molar-refractivity contribution >= 4 is 80.1 Å². The predicted molar refractivity (Wildman–Crippen MR) is 265 cm³/mol. The van der Waals surface area contributed by atoms with Crippen molar-refractivity contribution in [1.82, 2.24) is 0 Å². The number of fused-ring (bicyclic) bond motifs is 7. The molecule has 0 radical (unpaired) electrons. The minimum Gasteiger partial charge on any atom is -0.147 e. The van der Waals surface area contributed by atoms with Gasteiger partial charge in [0.25, 0.3) is 0 Å². The molecule has 8 aromatic rings. The molecule has 4 atom stereocenters. The molecule has 0 spiro atoms. The first-order chi connectivity index (χ1) is 28.9. The maximum Gasteiger partial charge on any atom is -0.147 e. The zero-order chi connectivity index (χ0) is 39.6. The fourth-order valence-corrected chi connectivity index (χ4v) is 49.6. The molecular weight excluding hydrogens is 946 g/mol. The molecule has 0 bridgehead atoms. The zero-order valence-electron chi connectivity index (χ0n) is 35.6. The zero-order valence-corrected chi connectivity index (χ0v) is 40.8. The summed E-state index contributed by atoms with van der Waals surface area (Å²) in [5.74, 6) is 1.01. The van der Waals surface area contributed by atoms with E-state index in [0.717, 1.165) is 7.35 Å². The first-order valence-corrected chi connectivity index (χ1v) is 30.7. The van der Waals surface area contributed by atoms with Crippen molar-refractivity contribution < 1.29 is 20.0 Å². The largest absolute Gasteiger partial charge is 0.147 e. The second-order valence-electron chi connectivity index (χ2n) is 19.0. The van der Waals surface area contributed by atoms with Gasteiger partial charge < -0.3 is 0 Å². The third-order valence-electron chi connectivity index (χ3n) is 15.5. The molecule has 61 heavy (non-hydrogen) atoms. The van der Waals surface area contributed by atoms with E-state index in [-0.39, 0.29) is 24.8 Å². The maximum atomic E-state index is 2.75. The Labute approximate surface area is 378 Å². The second-order valence-corrected chi connectivity index (χ2v) is 35.6. The van der Waals surface area contributed by atoms with Gasteiger partial charge in [-0.3, -0.25) is 0 Å². The van der Waals surface area contributed by atoms with Crippen LogP contribution in [-0.4, -0.2) is 0 Å². The molecule has 0 N–H and O–H groups in total. The van der Waals surface area contributed by atoms with Crippen molar-refractivity contribution in [3.63, 3.8) is 0 Å². The van der Waals surface area contributed by atoms with Crippen LogP contribution in [0.3, 0.4) is 0 Å². The number of halogens is 2. The summed E-state index contributed by atoms with van der Waals surface area (Å²) < 4.78 is 3.09. The predicted octanol–water partition coefficient (Wildman–Crippen LogP) is 17.7. The molecule has 2 fully saturated rings. The van der Waals surface area contributed by atoms with Gasteiger partial charge in [-0.15, -0.1) is 24.8 Å². The third-order valence-corrected chi connectivity index (χ3v) is 40.2. The summed E-state index contributed by atoms with van der Waals surface area (Å²) in [6.45, 7) is 10.0. The van der Waals surface area contributed by atoms with Gasteiger partial charge in [-0.2, -0.15) is 0 Å². The van der Waals surface area contributed by atoms with Crippen molar-refractivity contribution in [3.05, 3.63) is 179 Å². The van der Waals surface area contributed by atoms with Gasteiger partial charge in [-0.25, -0.2) is 0 Å². The Bertz CT molecular complexity index is 2790. The van der Waals surface area contributed by atoms with Crippen LogP contribution in [0.1, 0.15) is 83.0 Å². The van der Waals surface area contributed by atoms with Gasteiger partial charge in [-0.05, 0) is 0 Å². The van der Waals surface area contributed by atoms with Gasteiger partial charge in [0, 0.05) is 0 Å².